The molecule has 1 aliphatic heterocycles. The molecule has 3 aromatic heterocycles. The maximum atomic E-state index is 13.6. The molecule has 1 N–H and O–H groups in total. The van der Waals surface area contributed by atoms with Crippen molar-refractivity contribution in [2.45, 2.75) is 6.54 Å². The van der Waals surface area contributed by atoms with Crippen LogP contribution < -0.4 is 10.2 Å². The van der Waals surface area contributed by atoms with Crippen LogP contribution in [-0.4, -0.2) is 47.9 Å². The number of nitrogens with one attached hydrogen (secondary N) is 1. The highest BCUT2D eigenvalue weighted by atomic mass is 32.1. The summed E-state index contributed by atoms with van der Waals surface area (Å²) in [6.07, 6.45) is 1.66. The molecule has 0 spiro atoms. The molecule has 4 aromatic rings. The van der Waals surface area contributed by atoms with Crippen molar-refractivity contribution in [3.8, 4) is 10.4 Å². The summed E-state index contributed by atoms with van der Waals surface area (Å²) in [6, 6.07) is 14.6. The fourth-order valence-electron chi connectivity index (χ4n) is 4.04. The average molecular weight is 525 g/mol. The molecule has 10 heteroatoms. The minimum atomic E-state index is -0.918. The molecule has 36 heavy (non-hydrogen) atoms. The van der Waals surface area contributed by atoms with Crippen LogP contribution in [0.1, 0.15) is 24.9 Å². The molecule has 6 nitrogen and oxygen atoms in total. The topological polar surface area (TPSA) is 65.5 Å². The highest BCUT2D eigenvalue weighted by Crippen LogP contribution is 2.30. The van der Waals surface area contributed by atoms with E-state index >= 15 is 0 Å². The van der Waals surface area contributed by atoms with Crippen LogP contribution in [0.5, 0.6) is 0 Å². The lowest BCUT2D eigenvalue weighted by Gasteiger charge is -2.35. The first kappa shape index (κ1) is 24.1. The molecule has 5 rings (SSSR count). The fourth-order valence-corrected chi connectivity index (χ4v) is 5.65. The van der Waals surface area contributed by atoms with E-state index in [1.165, 1.54) is 17.4 Å². The number of rotatable bonds is 6. The lowest BCUT2D eigenvalue weighted by Crippen LogP contribution is -2.49. The Labute approximate surface area is 214 Å². The number of thiophene rings is 2. The van der Waals surface area contributed by atoms with E-state index in [2.05, 4.69) is 10.3 Å². The van der Waals surface area contributed by atoms with Gasteiger partial charge in [0.2, 0.25) is 0 Å². The van der Waals surface area contributed by atoms with Crippen LogP contribution in [0.3, 0.4) is 0 Å². The Morgan fingerprint density at radius 1 is 0.972 bits per heavy atom. The fraction of sp³-hybridized carbons (Fsp3) is 0.192. The zero-order valence-corrected chi connectivity index (χ0v) is 20.7. The van der Waals surface area contributed by atoms with Crippen molar-refractivity contribution in [3.05, 3.63) is 93.1 Å². The summed E-state index contributed by atoms with van der Waals surface area (Å²) in [7, 11) is 0. The monoisotopic (exact) mass is 524 g/mol. The van der Waals surface area contributed by atoms with Crippen molar-refractivity contribution >= 4 is 40.3 Å². The molecule has 0 unspecified atom stereocenters. The second-order valence-electron chi connectivity index (χ2n) is 8.21. The van der Waals surface area contributed by atoms with Crippen molar-refractivity contribution in [1.29, 1.82) is 0 Å². The van der Waals surface area contributed by atoms with Gasteiger partial charge in [0.15, 0.2) is 11.6 Å². The molecule has 2 amide bonds. The molecule has 0 atom stereocenters. The Kier molecular flexibility index (Phi) is 7.06. The first-order chi connectivity index (χ1) is 17.5. The van der Waals surface area contributed by atoms with Crippen LogP contribution in [0.2, 0.25) is 0 Å². The summed E-state index contributed by atoms with van der Waals surface area (Å²) in [6.45, 7) is 2.49. The first-order valence-corrected chi connectivity index (χ1v) is 13.0. The van der Waals surface area contributed by atoms with Gasteiger partial charge in [0.05, 0.1) is 17.0 Å². The quantitative estimate of drug-likeness (QED) is 0.384. The van der Waals surface area contributed by atoms with E-state index in [9.17, 15) is 18.4 Å². The molecule has 0 bridgehead atoms. The summed E-state index contributed by atoms with van der Waals surface area (Å²) in [4.78, 5) is 36.5. The number of amides is 2. The molecule has 1 saturated heterocycles. The molecular weight excluding hydrogens is 502 g/mol. The summed E-state index contributed by atoms with van der Waals surface area (Å²) < 4.78 is 26.9. The minimum absolute atomic E-state index is 0.108. The number of hydrogen-bond acceptors (Lipinski definition) is 6. The van der Waals surface area contributed by atoms with Gasteiger partial charge in [-0.1, -0.05) is 12.1 Å². The van der Waals surface area contributed by atoms with Crippen molar-refractivity contribution < 1.29 is 18.4 Å². The highest BCUT2D eigenvalue weighted by Gasteiger charge is 2.26. The molecule has 0 saturated carbocycles. The number of hydrogen-bond donors (Lipinski definition) is 1. The molecular formula is C26H22F2N4O2S2. The lowest BCUT2D eigenvalue weighted by molar-refractivity contribution is 0.0750. The Bertz CT molecular complexity index is 1380. The third-order valence-corrected chi connectivity index (χ3v) is 7.92. The maximum Gasteiger partial charge on any atom is 0.264 e. The predicted molar refractivity (Wildman–Crippen MR) is 138 cm³/mol. The van der Waals surface area contributed by atoms with E-state index in [-0.39, 0.29) is 11.8 Å². The molecule has 1 aromatic carbocycles. The minimum Gasteiger partial charge on any atom is -0.352 e. The highest BCUT2D eigenvalue weighted by molar-refractivity contribution is 7.17. The van der Waals surface area contributed by atoms with E-state index in [0.29, 0.717) is 59.4 Å². The van der Waals surface area contributed by atoms with Gasteiger partial charge in [-0.2, -0.15) is 0 Å². The SMILES string of the molecule is O=C(NCc1cccs1)c1cccnc1N1CCN(C(=O)c2ccc(-c3ccc(F)c(F)c3)s2)CC1. The number of halogens is 2. The number of pyridine rings is 1. The number of carbonyl (C=O) groups excluding carboxylic acids is 2. The van der Waals surface area contributed by atoms with Crippen LogP contribution in [-0.2, 0) is 6.54 Å². The molecule has 1 aliphatic rings. The van der Waals surface area contributed by atoms with Crippen LogP contribution in [0.4, 0.5) is 14.6 Å². The van der Waals surface area contributed by atoms with Crippen LogP contribution in [0, 0.1) is 11.6 Å². The maximum absolute atomic E-state index is 13.6. The van der Waals surface area contributed by atoms with Crippen LogP contribution in [0.25, 0.3) is 10.4 Å². The zero-order valence-electron chi connectivity index (χ0n) is 19.1. The van der Waals surface area contributed by atoms with Crippen molar-refractivity contribution in [1.82, 2.24) is 15.2 Å². The number of aromatic nitrogens is 1. The Balaban J connectivity index is 1.22. The molecule has 0 radical (unpaired) electrons. The van der Waals surface area contributed by atoms with Crippen LogP contribution in [0.15, 0.2) is 66.2 Å². The normalized spacial score (nSPS) is 13.6. The Morgan fingerprint density at radius 3 is 2.56 bits per heavy atom. The van der Waals surface area contributed by atoms with Gasteiger partial charge in [0.1, 0.15) is 5.82 Å². The Morgan fingerprint density at radius 2 is 1.81 bits per heavy atom. The number of anilines is 1. The second-order valence-corrected chi connectivity index (χ2v) is 10.3. The van der Waals surface area contributed by atoms with E-state index in [1.54, 1.807) is 46.7 Å². The predicted octanol–water partition coefficient (Wildman–Crippen LogP) is 5.04. The number of nitrogens with zero attached hydrogens (tertiary/aromatic N) is 3. The van der Waals surface area contributed by atoms with Gasteiger partial charge in [-0.25, -0.2) is 13.8 Å². The smallest absolute Gasteiger partial charge is 0.264 e. The summed E-state index contributed by atoms with van der Waals surface area (Å²) in [5.74, 6) is -1.51. The van der Waals surface area contributed by atoms with Gasteiger partial charge in [-0.05, 0) is 53.4 Å². The first-order valence-electron chi connectivity index (χ1n) is 11.3. The molecule has 184 valence electrons. The van der Waals surface area contributed by atoms with Gasteiger partial charge >= 0.3 is 0 Å². The summed E-state index contributed by atoms with van der Waals surface area (Å²) in [5.41, 5.74) is 1.03. The largest absolute Gasteiger partial charge is 0.352 e. The molecule has 4 heterocycles. The van der Waals surface area contributed by atoms with E-state index in [1.807, 2.05) is 22.4 Å². The summed E-state index contributed by atoms with van der Waals surface area (Å²) in [5, 5.41) is 4.92. The third kappa shape index (κ3) is 5.14. The number of carbonyl (C=O) groups is 2. The van der Waals surface area contributed by atoms with Crippen LogP contribution >= 0.6 is 22.7 Å². The van der Waals surface area contributed by atoms with Gasteiger partial charge in [-0.3, -0.25) is 9.59 Å². The average Bonchev–Trinajstić information content (AvgIpc) is 3.61. The van der Waals surface area contributed by atoms with E-state index in [4.69, 9.17) is 0 Å². The van der Waals surface area contributed by atoms with Crippen molar-refractivity contribution in [3.63, 3.8) is 0 Å². The second kappa shape index (κ2) is 10.5. The zero-order chi connectivity index (χ0) is 25.1. The Hall–Kier alpha value is -3.63. The van der Waals surface area contributed by atoms with Gasteiger partial charge in [0, 0.05) is 42.1 Å². The number of piperazine rings is 1. The van der Waals surface area contributed by atoms with Gasteiger partial charge in [-0.15, -0.1) is 22.7 Å². The molecule has 1 fully saturated rings. The third-order valence-electron chi connectivity index (χ3n) is 5.92. The lowest BCUT2D eigenvalue weighted by atomic mass is 10.2. The number of benzene rings is 1. The van der Waals surface area contributed by atoms with Crippen molar-refractivity contribution in [2.75, 3.05) is 31.1 Å². The van der Waals surface area contributed by atoms with Gasteiger partial charge in [0.25, 0.3) is 11.8 Å². The summed E-state index contributed by atoms with van der Waals surface area (Å²) >= 11 is 2.84. The van der Waals surface area contributed by atoms with E-state index in [0.717, 1.165) is 17.0 Å². The van der Waals surface area contributed by atoms with Gasteiger partial charge < -0.3 is 15.1 Å². The standard InChI is InChI=1S/C26H22F2N4O2S2/c27-20-6-5-17(15-21(20)28)22-7-8-23(36-22)26(34)32-12-10-31(11-13-32)24-19(4-1-9-29-24)25(33)30-16-18-3-2-14-35-18/h1-9,14-15H,10-13,16H2,(H,30,33). The van der Waals surface area contributed by atoms with Crippen molar-refractivity contribution in [2.24, 2.45) is 0 Å². The molecule has 0 aliphatic carbocycles. The van der Waals surface area contributed by atoms with E-state index < -0.39 is 11.6 Å².